The maximum absolute atomic E-state index is 5.63. The molecule has 2 nitrogen and oxygen atoms in total. The van der Waals surface area contributed by atoms with Crippen molar-refractivity contribution in [2.24, 2.45) is 5.92 Å². The van der Waals surface area contributed by atoms with Crippen LogP contribution in [0.1, 0.15) is 38.8 Å². The summed E-state index contributed by atoms with van der Waals surface area (Å²) < 4.78 is 5.63. The molecule has 1 unspecified atom stereocenters. The summed E-state index contributed by atoms with van der Waals surface area (Å²) in [5.74, 6) is 0.528. The molecular formula is C17H29NO. The molecule has 0 bridgehead atoms. The molecule has 1 aromatic carbocycles. The molecular weight excluding hydrogens is 234 g/mol. The summed E-state index contributed by atoms with van der Waals surface area (Å²) in [7, 11) is 0. The largest absolute Gasteiger partial charge is 0.381 e. The van der Waals surface area contributed by atoms with Crippen LogP contribution in [0, 0.1) is 12.8 Å². The van der Waals surface area contributed by atoms with E-state index in [1.54, 1.807) is 0 Å². The minimum absolute atomic E-state index is 0.163. The smallest absolute Gasteiger partial charge is 0.0509 e. The van der Waals surface area contributed by atoms with Crippen molar-refractivity contribution in [3.63, 3.8) is 0 Å². The van der Waals surface area contributed by atoms with Gasteiger partial charge in [0.05, 0.1) is 6.61 Å². The normalized spacial score (nSPS) is 13.5. The lowest BCUT2D eigenvalue weighted by Crippen LogP contribution is -2.40. The van der Waals surface area contributed by atoms with Crippen LogP contribution in [0.2, 0.25) is 0 Å². The van der Waals surface area contributed by atoms with E-state index in [1.165, 1.54) is 11.1 Å². The Kier molecular flexibility index (Phi) is 6.53. The summed E-state index contributed by atoms with van der Waals surface area (Å²) in [5.41, 5.74) is 2.97. The Morgan fingerprint density at radius 2 is 1.89 bits per heavy atom. The molecule has 19 heavy (non-hydrogen) atoms. The summed E-state index contributed by atoms with van der Waals surface area (Å²) in [4.78, 5) is 0. The lowest BCUT2D eigenvalue weighted by molar-refractivity contribution is 0.107. The first-order chi connectivity index (χ1) is 8.92. The molecule has 1 atom stereocenters. The Morgan fingerprint density at radius 3 is 2.47 bits per heavy atom. The Bertz CT molecular complexity index is 368. The van der Waals surface area contributed by atoms with Gasteiger partial charge in [-0.3, -0.25) is 0 Å². The standard InChI is InChI=1S/C17H29NO/c1-6-19-13-15(12-18-17(3,4)5)11-16-10-8-7-9-14(16)2/h7-10,15,18H,6,11-13H2,1-5H3. The van der Waals surface area contributed by atoms with Crippen LogP contribution >= 0.6 is 0 Å². The molecule has 1 aromatic rings. The molecule has 0 aromatic heterocycles. The molecule has 0 spiro atoms. The maximum Gasteiger partial charge on any atom is 0.0509 e. The van der Waals surface area contributed by atoms with Crippen LogP contribution in [0.25, 0.3) is 0 Å². The van der Waals surface area contributed by atoms with E-state index in [4.69, 9.17) is 4.74 Å². The third-order valence-electron chi connectivity index (χ3n) is 3.25. The zero-order chi connectivity index (χ0) is 14.3. The van der Waals surface area contributed by atoms with Gasteiger partial charge in [0.2, 0.25) is 0 Å². The Morgan fingerprint density at radius 1 is 1.21 bits per heavy atom. The summed E-state index contributed by atoms with van der Waals surface area (Å²) in [6.45, 7) is 13.5. The van der Waals surface area contributed by atoms with Crippen LogP contribution in [-0.4, -0.2) is 25.3 Å². The van der Waals surface area contributed by atoms with Gasteiger partial charge in [-0.15, -0.1) is 0 Å². The highest BCUT2D eigenvalue weighted by Gasteiger charge is 2.15. The van der Waals surface area contributed by atoms with Gasteiger partial charge >= 0.3 is 0 Å². The van der Waals surface area contributed by atoms with E-state index in [-0.39, 0.29) is 5.54 Å². The average Bonchev–Trinajstić information content (AvgIpc) is 2.34. The number of ether oxygens (including phenoxy) is 1. The summed E-state index contributed by atoms with van der Waals surface area (Å²) >= 11 is 0. The zero-order valence-corrected chi connectivity index (χ0v) is 13.1. The van der Waals surface area contributed by atoms with E-state index in [0.717, 1.165) is 26.2 Å². The molecule has 0 radical (unpaired) electrons. The van der Waals surface area contributed by atoms with E-state index >= 15 is 0 Å². The number of hydrogen-bond donors (Lipinski definition) is 1. The van der Waals surface area contributed by atoms with Crippen molar-refractivity contribution in [3.8, 4) is 0 Å². The molecule has 1 N–H and O–H groups in total. The lowest BCUT2D eigenvalue weighted by atomic mass is 9.95. The summed E-state index contributed by atoms with van der Waals surface area (Å²) in [6.07, 6.45) is 1.08. The van der Waals surface area contributed by atoms with Crippen molar-refractivity contribution in [3.05, 3.63) is 35.4 Å². The summed E-state index contributed by atoms with van der Waals surface area (Å²) in [6, 6.07) is 8.64. The van der Waals surface area contributed by atoms with Crippen LogP contribution in [-0.2, 0) is 11.2 Å². The predicted molar refractivity (Wildman–Crippen MR) is 82.6 cm³/mol. The van der Waals surface area contributed by atoms with E-state index < -0.39 is 0 Å². The molecule has 0 aliphatic carbocycles. The zero-order valence-electron chi connectivity index (χ0n) is 13.1. The topological polar surface area (TPSA) is 21.3 Å². The number of aryl methyl sites for hydroxylation is 1. The second-order valence-electron chi connectivity index (χ2n) is 6.29. The van der Waals surface area contributed by atoms with Crippen LogP contribution in [0.15, 0.2) is 24.3 Å². The minimum Gasteiger partial charge on any atom is -0.381 e. The van der Waals surface area contributed by atoms with Gasteiger partial charge in [-0.1, -0.05) is 24.3 Å². The van der Waals surface area contributed by atoms with Crippen molar-refractivity contribution in [1.82, 2.24) is 5.32 Å². The first-order valence-electron chi connectivity index (χ1n) is 7.29. The Labute approximate surface area is 118 Å². The molecule has 2 heteroatoms. The first-order valence-corrected chi connectivity index (χ1v) is 7.29. The van der Waals surface area contributed by atoms with E-state index in [1.807, 2.05) is 0 Å². The Hall–Kier alpha value is -0.860. The number of hydrogen-bond acceptors (Lipinski definition) is 2. The molecule has 0 amide bonds. The number of benzene rings is 1. The van der Waals surface area contributed by atoms with Crippen LogP contribution in [0.5, 0.6) is 0 Å². The van der Waals surface area contributed by atoms with Gasteiger partial charge in [-0.05, 0) is 58.1 Å². The molecule has 0 aliphatic rings. The van der Waals surface area contributed by atoms with E-state index in [0.29, 0.717) is 5.92 Å². The highest BCUT2D eigenvalue weighted by molar-refractivity contribution is 5.26. The van der Waals surface area contributed by atoms with Gasteiger partial charge in [0.25, 0.3) is 0 Å². The van der Waals surface area contributed by atoms with Crippen molar-refractivity contribution >= 4 is 0 Å². The maximum atomic E-state index is 5.63. The fourth-order valence-corrected chi connectivity index (χ4v) is 2.08. The third-order valence-corrected chi connectivity index (χ3v) is 3.25. The van der Waals surface area contributed by atoms with Gasteiger partial charge in [0, 0.05) is 18.7 Å². The van der Waals surface area contributed by atoms with Crippen LogP contribution in [0.3, 0.4) is 0 Å². The SMILES string of the molecule is CCOCC(CNC(C)(C)C)Cc1ccccc1C. The number of nitrogens with one attached hydrogen (secondary N) is 1. The van der Waals surface area contributed by atoms with E-state index in [2.05, 4.69) is 64.2 Å². The van der Waals surface area contributed by atoms with Gasteiger partial charge in [0.15, 0.2) is 0 Å². The van der Waals surface area contributed by atoms with Crippen molar-refractivity contribution in [2.75, 3.05) is 19.8 Å². The van der Waals surface area contributed by atoms with Crippen molar-refractivity contribution in [1.29, 1.82) is 0 Å². The van der Waals surface area contributed by atoms with Crippen LogP contribution < -0.4 is 5.32 Å². The third kappa shape index (κ3) is 6.74. The minimum atomic E-state index is 0.163. The van der Waals surface area contributed by atoms with Crippen molar-refractivity contribution in [2.45, 2.75) is 46.6 Å². The van der Waals surface area contributed by atoms with E-state index in [9.17, 15) is 0 Å². The second kappa shape index (κ2) is 7.66. The lowest BCUT2D eigenvalue weighted by Gasteiger charge is -2.25. The molecule has 108 valence electrons. The second-order valence-corrected chi connectivity index (χ2v) is 6.29. The highest BCUT2D eigenvalue weighted by Crippen LogP contribution is 2.14. The van der Waals surface area contributed by atoms with Crippen LogP contribution in [0.4, 0.5) is 0 Å². The molecule has 0 aliphatic heterocycles. The summed E-state index contributed by atoms with van der Waals surface area (Å²) in [5, 5.41) is 3.59. The first kappa shape index (κ1) is 16.2. The molecule has 0 saturated heterocycles. The predicted octanol–water partition coefficient (Wildman–Crippen LogP) is 3.58. The molecule has 0 saturated carbocycles. The highest BCUT2D eigenvalue weighted by atomic mass is 16.5. The van der Waals surface area contributed by atoms with Gasteiger partial charge in [-0.25, -0.2) is 0 Å². The van der Waals surface area contributed by atoms with Crippen molar-refractivity contribution < 1.29 is 4.74 Å². The van der Waals surface area contributed by atoms with Gasteiger partial charge in [-0.2, -0.15) is 0 Å². The molecule has 0 fully saturated rings. The fourth-order valence-electron chi connectivity index (χ4n) is 2.08. The average molecular weight is 263 g/mol. The van der Waals surface area contributed by atoms with Gasteiger partial charge < -0.3 is 10.1 Å². The quantitative estimate of drug-likeness (QED) is 0.812. The monoisotopic (exact) mass is 263 g/mol. The fraction of sp³-hybridized carbons (Fsp3) is 0.647. The number of rotatable bonds is 7. The molecule has 0 heterocycles. The Balaban J connectivity index is 2.61. The van der Waals surface area contributed by atoms with Gasteiger partial charge in [0.1, 0.15) is 0 Å². The molecule has 1 rings (SSSR count).